The average molecular weight is 293 g/mol. The van der Waals surface area contributed by atoms with Crippen molar-refractivity contribution in [1.82, 2.24) is 0 Å². The Bertz CT molecular complexity index is 522. The van der Waals surface area contributed by atoms with Crippen LogP contribution in [-0.4, -0.2) is 14.5 Å². The van der Waals surface area contributed by atoms with Gasteiger partial charge in [0.15, 0.2) is 5.78 Å². The molecule has 1 aliphatic rings. The first-order valence-electron chi connectivity index (χ1n) is 6.86. The molecule has 5 heteroatoms. The Morgan fingerprint density at radius 1 is 1.05 bits per heavy atom. The summed E-state index contributed by atoms with van der Waals surface area (Å²) in [6, 6.07) is 7.14. The van der Waals surface area contributed by atoms with Gasteiger partial charge in [0.25, 0.3) is 11.3 Å². The van der Waals surface area contributed by atoms with Crippen LogP contribution in [0.5, 0.6) is 0 Å². The van der Waals surface area contributed by atoms with E-state index in [2.05, 4.69) is 4.72 Å². The van der Waals surface area contributed by atoms with Crippen LogP contribution in [0, 0.1) is 0 Å². The molecule has 1 unspecified atom stereocenters. The number of allylic oxidation sites excluding steroid dienone is 1. The molecule has 1 saturated carbocycles. The maximum Gasteiger partial charge on any atom is 0.259 e. The van der Waals surface area contributed by atoms with E-state index < -0.39 is 11.3 Å². The lowest BCUT2D eigenvalue weighted by Crippen LogP contribution is -2.05. The molecule has 0 spiro atoms. The smallest absolute Gasteiger partial charge is 0.259 e. The van der Waals surface area contributed by atoms with Crippen molar-refractivity contribution in [3.63, 3.8) is 0 Å². The van der Waals surface area contributed by atoms with Crippen LogP contribution in [0.2, 0.25) is 0 Å². The number of carbonyl (C=O) groups is 1. The zero-order valence-corrected chi connectivity index (χ0v) is 12.1. The molecule has 2 N–H and O–H groups in total. The molecule has 1 atom stereocenters. The van der Waals surface area contributed by atoms with Gasteiger partial charge in [0.1, 0.15) is 0 Å². The van der Waals surface area contributed by atoms with Crippen molar-refractivity contribution >= 4 is 28.8 Å². The van der Waals surface area contributed by atoms with Crippen LogP contribution in [0.15, 0.2) is 29.8 Å². The van der Waals surface area contributed by atoms with Gasteiger partial charge in [-0.05, 0) is 48.6 Å². The summed E-state index contributed by atoms with van der Waals surface area (Å²) in [5.41, 5.74) is 2.43. The number of benzene rings is 1. The minimum Gasteiger partial charge on any atom is -0.295 e. The molecule has 0 radical (unpaired) electrons. The number of ketones is 1. The van der Waals surface area contributed by atoms with Crippen LogP contribution < -0.4 is 4.72 Å². The molecule has 108 valence electrons. The molecule has 0 heterocycles. The highest BCUT2D eigenvalue weighted by molar-refractivity contribution is 7.80. The van der Waals surface area contributed by atoms with E-state index in [1.807, 2.05) is 18.2 Å². The van der Waals surface area contributed by atoms with Gasteiger partial charge in [0, 0.05) is 12.1 Å². The number of nitrogens with one attached hydrogen (secondary N) is 1. The Kier molecular flexibility index (Phi) is 5.49. The largest absolute Gasteiger partial charge is 0.295 e. The van der Waals surface area contributed by atoms with Crippen LogP contribution in [0.1, 0.15) is 44.1 Å². The zero-order valence-electron chi connectivity index (χ0n) is 11.3. The topological polar surface area (TPSA) is 66.4 Å². The third-order valence-electron chi connectivity index (χ3n) is 3.41. The van der Waals surface area contributed by atoms with E-state index >= 15 is 0 Å². The third kappa shape index (κ3) is 4.58. The predicted molar refractivity (Wildman–Crippen MR) is 81.5 cm³/mol. The Hall–Kier alpha value is -1.46. The molecule has 2 rings (SSSR count). The fourth-order valence-electron chi connectivity index (χ4n) is 2.36. The number of carbonyl (C=O) groups excluding carboxylic acids is 1. The van der Waals surface area contributed by atoms with Gasteiger partial charge in [-0.3, -0.25) is 14.1 Å². The molecule has 1 fully saturated rings. The molecule has 20 heavy (non-hydrogen) atoms. The highest BCUT2D eigenvalue weighted by atomic mass is 32.2. The lowest BCUT2D eigenvalue weighted by atomic mass is 9.93. The van der Waals surface area contributed by atoms with Crippen molar-refractivity contribution in [2.24, 2.45) is 0 Å². The van der Waals surface area contributed by atoms with Crippen molar-refractivity contribution in [2.45, 2.75) is 38.5 Å². The summed E-state index contributed by atoms with van der Waals surface area (Å²) < 4.78 is 21.8. The first-order valence-corrected chi connectivity index (χ1v) is 7.97. The lowest BCUT2D eigenvalue weighted by molar-refractivity contribution is -0.115. The summed E-state index contributed by atoms with van der Waals surface area (Å²) in [4.78, 5) is 12.0. The molecule has 4 nitrogen and oxygen atoms in total. The Balaban J connectivity index is 2.11. The van der Waals surface area contributed by atoms with Gasteiger partial charge < -0.3 is 0 Å². The second-order valence-electron chi connectivity index (χ2n) is 4.98. The summed E-state index contributed by atoms with van der Waals surface area (Å²) in [5, 5.41) is 0. The van der Waals surface area contributed by atoms with Gasteiger partial charge in [-0.15, -0.1) is 0 Å². The maximum atomic E-state index is 12.0. The van der Waals surface area contributed by atoms with E-state index in [-0.39, 0.29) is 5.78 Å². The Morgan fingerprint density at radius 3 is 2.35 bits per heavy atom. The first-order chi connectivity index (χ1) is 9.65. The molecule has 0 aromatic heterocycles. The quantitative estimate of drug-likeness (QED) is 0.661. The highest BCUT2D eigenvalue weighted by Crippen LogP contribution is 2.22. The summed E-state index contributed by atoms with van der Waals surface area (Å²) in [6.07, 6.45) is 7.83. The van der Waals surface area contributed by atoms with Gasteiger partial charge in [0.2, 0.25) is 0 Å². The summed E-state index contributed by atoms with van der Waals surface area (Å²) in [7, 11) is 0. The molecule has 0 amide bonds. The van der Waals surface area contributed by atoms with Crippen LogP contribution in [0.25, 0.3) is 6.08 Å². The normalized spacial score (nSPS) is 20.2. The zero-order chi connectivity index (χ0) is 14.4. The fraction of sp³-hybridized carbons (Fsp3) is 0.400. The van der Waals surface area contributed by atoms with Crippen molar-refractivity contribution in [1.29, 1.82) is 0 Å². The second-order valence-corrected chi connectivity index (χ2v) is 5.68. The molecular formula is C15H19NO3S. The lowest BCUT2D eigenvalue weighted by Gasteiger charge is -2.11. The number of Topliss-reactive ketones (excluding diaryl/α,β-unsaturated/α-hetero) is 1. The van der Waals surface area contributed by atoms with E-state index in [0.29, 0.717) is 12.1 Å². The third-order valence-corrected chi connectivity index (χ3v) is 3.83. The Morgan fingerprint density at radius 2 is 1.70 bits per heavy atom. The fourth-order valence-corrected chi connectivity index (χ4v) is 2.69. The first kappa shape index (κ1) is 14.9. The van der Waals surface area contributed by atoms with Gasteiger partial charge in [-0.1, -0.05) is 25.0 Å². The molecule has 1 aromatic carbocycles. The highest BCUT2D eigenvalue weighted by Gasteiger charge is 2.12. The van der Waals surface area contributed by atoms with E-state index in [1.165, 1.54) is 6.42 Å². The number of hydrogen-bond donors (Lipinski definition) is 2. The molecular weight excluding hydrogens is 274 g/mol. The van der Waals surface area contributed by atoms with E-state index in [4.69, 9.17) is 4.55 Å². The van der Waals surface area contributed by atoms with Crippen molar-refractivity contribution in [2.75, 3.05) is 4.72 Å². The van der Waals surface area contributed by atoms with E-state index in [0.717, 1.165) is 36.8 Å². The summed E-state index contributed by atoms with van der Waals surface area (Å²) in [6.45, 7) is 0. The average Bonchev–Trinajstić information content (AvgIpc) is 2.40. The minimum atomic E-state index is -2.06. The molecule has 1 aliphatic carbocycles. The van der Waals surface area contributed by atoms with E-state index in [1.54, 1.807) is 12.1 Å². The van der Waals surface area contributed by atoms with Crippen molar-refractivity contribution < 1.29 is 13.6 Å². The van der Waals surface area contributed by atoms with Crippen LogP contribution in [0.4, 0.5) is 5.69 Å². The standard InChI is InChI=1S/C15H19NO3S/c17-15-6-4-2-1-3-5-13(15)11-12-7-9-14(10-8-12)16-20(18)19/h7-11,16H,1-6H2,(H,18,19). The SMILES string of the molecule is O=C1CCCCCCC1=Cc1ccc(NS(=O)O)cc1. The summed E-state index contributed by atoms with van der Waals surface area (Å²) in [5.74, 6) is 0.253. The van der Waals surface area contributed by atoms with E-state index in [9.17, 15) is 9.00 Å². The minimum absolute atomic E-state index is 0.253. The number of hydrogen-bond acceptors (Lipinski definition) is 2. The van der Waals surface area contributed by atoms with Gasteiger partial charge in [-0.2, -0.15) is 0 Å². The van der Waals surface area contributed by atoms with Crippen LogP contribution >= 0.6 is 0 Å². The second kappa shape index (κ2) is 7.36. The molecule has 0 aliphatic heterocycles. The monoisotopic (exact) mass is 293 g/mol. The molecule has 0 bridgehead atoms. The number of anilines is 1. The van der Waals surface area contributed by atoms with Crippen LogP contribution in [0.3, 0.4) is 0 Å². The van der Waals surface area contributed by atoms with Crippen molar-refractivity contribution in [3.05, 3.63) is 35.4 Å². The summed E-state index contributed by atoms with van der Waals surface area (Å²) >= 11 is -2.06. The van der Waals surface area contributed by atoms with Crippen molar-refractivity contribution in [3.8, 4) is 0 Å². The Labute approximate surface area is 121 Å². The van der Waals surface area contributed by atoms with Gasteiger partial charge in [0.05, 0.1) is 0 Å². The molecule has 0 saturated heterocycles. The predicted octanol–water partition coefficient (Wildman–Crippen LogP) is 3.54. The number of rotatable bonds is 3. The maximum absolute atomic E-state index is 12.0. The molecule has 1 aromatic rings. The van der Waals surface area contributed by atoms with Gasteiger partial charge in [-0.25, -0.2) is 4.21 Å². The van der Waals surface area contributed by atoms with Gasteiger partial charge >= 0.3 is 0 Å². The van der Waals surface area contributed by atoms with Crippen LogP contribution in [-0.2, 0) is 16.1 Å².